The molecule has 1 saturated heterocycles. The van der Waals surface area contributed by atoms with Crippen LogP contribution in [0.15, 0.2) is 24.4 Å². The van der Waals surface area contributed by atoms with Crippen LogP contribution in [0.1, 0.15) is 25.0 Å². The quantitative estimate of drug-likeness (QED) is 0.858. The molecule has 2 fully saturated rings. The fourth-order valence-corrected chi connectivity index (χ4v) is 3.44. The largest absolute Gasteiger partial charge is 0.379 e. The van der Waals surface area contributed by atoms with E-state index in [1.807, 2.05) is 19.3 Å². The lowest BCUT2D eigenvalue weighted by molar-refractivity contribution is -0.158. The van der Waals surface area contributed by atoms with Gasteiger partial charge in [0.2, 0.25) is 0 Å². The highest BCUT2D eigenvalue weighted by atomic mass is 16.5. The average Bonchev–Trinajstić information content (AvgIpc) is 2.25. The number of nitrogens with one attached hydrogen (secondary N) is 1. The van der Waals surface area contributed by atoms with E-state index in [1.165, 1.54) is 25.0 Å². The van der Waals surface area contributed by atoms with Crippen molar-refractivity contribution in [1.29, 1.82) is 0 Å². The standard InChI is InChI=1S/C14H20N2O/c1-15-9-13(6-4-7-13)14(10-17-11-14)12-5-2-3-8-16-12/h2-3,5,8,15H,4,6-7,9-11H2,1H3. The molecule has 1 saturated carbocycles. The van der Waals surface area contributed by atoms with Crippen LogP contribution in [0.25, 0.3) is 0 Å². The molecule has 3 rings (SSSR count). The van der Waals surface area contributed by atoms with E-state index in [0.29, 0.717) is 5.41 Å². The first-order valence-electron chi connectivity index (χ1n) is 6.47. The normalized spacial score (nSPS) is 24.8. The Morgan fingerprint density at radius 3 is 2.59 bits per heavy atom. The summed E-state index contributed by atoms with van der Waals surface area (Å²) in [5, 5.41) is 3.37. The first-order valence-corrected chi connectivity index (χ1v) is 6.47. The maximum Gasteiger partial charge on any atom is 0.0661 e. The fourth-order valence-electron chi connectivity index (χ4n) is 3.44. The van der Waals surface area contributed by atoms with Gasteiger partial charge in [0.25, 0.3) is 0 Å². The molecule has 0 aromatic carbocycles. The molecule has 0 bridgehead atoms. The van der Waals surface area contributed by atoms with Gasteiger partial charge >= 0.3 is 0 Å². The van der Waals surface area contributed by atoms with Gasteiger partial charge < -0.3 is 10.1 Å². The van der Waals surface area contributed by atoms with Crippen molar-refractivity contribution in [1.82, 2.24) is 10.3 Å². The number of aromatic nitrogens is 1. The molecule has 1 N–H and O–H groups in total. The van der Waals surface area contributed by atoms with Crippen LogP contribution in [-0.4, -0.2) is 31.8 Å². The lowest BCUT2D eigenvalue weighted by atomic mass is 9.50. The van der Waals surface area contributed by atoms with Crippen molar-refractivity contribution in [3.8, 4) is 0 Å². The van der Waals surface area contributed by atoms with Crippen molar-refractivity contribution in [2.75, 3.05) is 26.8 Å². The first kappa shape index (κ1) is 11.2. The minimum absolute atomic E-state index is 0.162. The minimum Gasteiger partial charge on any atom is -0.379 e. The van der Waals surface area contributed by atoms with E-state index in [9.17, 15) is 0 Å². The third-order valence-corrected chi connectivity index (χ3v) is 4.69. The Bertz CT molecular complexity index is 382. The highest BCUT2D eigenvalue weighted by Gasteiger charge is 2.60. The highest BCUT2D eigenvalue weighted by Crippen LogP contribution is 2.57. The summed E-state index contributed by atoms with van der Waals surface area (Å²) in [5.41, 5.74) is 1.75. The summed E-state index contributed by atoms with van der Waals surface area (Å²) < 4.78 is 5.55. The summed E-state index contributed by atoms with van der Waals surface area (Å²) >= 11 is 0. The highest BCUT2D eigenvalue weighted by molar-refractivity contribution is 5.28. The lowest BCUT2D eigenvalue weighted by Gasteiger charge is -2.59. The average molecular weight is 232 g/mol. The monoisotopic (exact) mass is 232 g/mol. The number of rotatable bonds is 4. The van der Waals surface area contributed by atoms with Gasteiger partial charge in [0, 0.05) is 12.7 Å². The molecule has 92 valence electrons. The van der Waals surface area contributed by atoms with Crippen molar-refractivity contribution in [3.63, 3.8) is 0 Å². The number of ether oxygens (including phenoxy) is 1. The second-order valence-corrected chi connectivity index (χ2v) is 5.45. The Balaban J connectivity index is 1.96. The summed E-state index contributed by atoms with van der Waals surface area (Å²) in [6.45, 7) is 2.75. The third-order valence-electron chi connectivity index (χ3n) is 4.69. The second kappa shape index (κ2) is 4.07. The maximum absolute atomic E-state index is 5.55. The third kappa shape index (κ3) is 1.45. The van der Waals surface area contributed by atoms with E-state index in [0.717, 1.165) is 19.8 Å². The molecular weight excluding hydrogens is 212 g/mol. The van der Waals surface area contributed by atoms with E-state index in [1.54, 1.807) is 0 Å². The van der Waals surface area contributed by atoms with Crippen LogP contribution < -0.4 is 5.32 Å². The topological polar surface area (TPSA) is 34.2 Å². The van der Waals surface area contributed by atoms with Gasteiger partial charge in [-0.05, 0) is 37.4 Å². The SMILES string of the molecule is CNCC1(C2(c3ccccn3)COC2)CCC1. The molecular formula is C14H20N2O. The van der Waals surface area contributed by atoms with Crippen LogP contribution in [-0.2, 0) is 10.2 Å². The van der Waals surface area contributed by atoms with Crippen molar-refractivity contribution in [3.05, 3.63) is 30.1 Å². The molecule has 1 aromatic rings. The van der Waals surface area contributed by atoms with Gasteiger partial charge in [-0.2, -0.15) is 0 Å². The summed E-state index contributed by atoms with van der Waals surface area (Å²) in [6, 6.07) is 6.24. The van der Waals surface area contributed by atoms with Crippen LogP contribution in [0.2, 0.25) is 0 Å². The molecule has 0 amide bonds. The van der Waals surface area contributed by atoms with Crippen molar-refractivity contribution >= 4 is 0 Å². The fraction of sp³-hybridized carbons (Fsp3) is 0.643. The smallest absolute Gasteiger partial charge is 0.0661 e. The van der Waals surface area contributed by atoms with Gasteiger partial charge in [-0.1, -0.05) is 12.5 Å². The Labute approximate surface area is 103 Å². The van der Waals surface area contributed by atoms with Crippen LogP contribution in [0, 0.1) is 5.41 Å². The molecule has 17 heavy (non-hydrogen) atoms. The lowest BCUT2D eigenvalue weighted by Crippen LogP contribution is -2.64. The van der Waals surface area contributed by atoms with Crippen LogP contribution >= 0.6 is 0 Å². The maximum atomic E-state index is 5.55. The summed E-state index contributed by atoms with van der Waals surface area (Å²) in [4.78, 5) is 4.60. The first-order chi connectivity index (χ1) is 8.33. The van der Waals surface area contributed by atoms with Gasteiger partial charge in [-0.3, -0.25) is 4.98 Å². The van der Waals surface area contributed by atoms with Gasteiger partial charge in [0.05, 0.1) is 24.3 Å². The molecule has 3 heteroatoms. The predicted molar refractivity (Wildman–Crippen MR) is 66.9 cm³/mol. The van der Waals surface area contributed by atoms with E-state index < -0.39 is 0 Å². The van der Waals surface area contributed by atoms with E-state index in [2.05, 4.69) is 22.4 Å². The molecule has 1 aliphatic carbocycles. The number of hydrogen-bond acceptors (Lipinski definition) is 3. The summed E-state index contributed by atoms with van der Waals surface area (Å²) in [5.74, 6) is 0. The van der Waals surface area contributed by atoms with Crippen molar-refractivity contribution in [2.24, 2.45) is 5.41 Å². The van der Waals surface area contributed by atoms with Gasteiger partial charge in [-0.15, -0.1) is 0 Å². The Morgan fingerprint density at radius 2 is 2.18 bits per heavy atom. The zero-order chi connectivity index (χ0) is 11.8. The van der Waals surface area contributed by atoms with Crippen molar-refractivity contribution in [2.45, 2.75) is 24.7 Å². The molecule has 0 radical (unpaired) electrons. The summed E-state index contributed by atoms with van der Waals surface area (Å²) in [6.07, 6.45) is 5.85. The molecule has 3 nitrogen and oxygen atoms in total. The molecule has 1 aliphatic heterocycles. The molecule has 2 heterocycles. The number of hydrogen-bond donors (Lipinski definition) is 1. The molecule has 1 aromatic heterocycles. The van der Waals surface area contributed by atoms with Crippen LogP contribution in [0.5, 0.6) is 0 Å². The zero-order valence-electron chi connectivity index (χ0n) is 10.4. The molecule has 0 spiro atoms. The molecule has 0 unspecified atom stereocenters. The Morgan fingerprint density at radius 1 is 1.35 bits per heavy atom. The predicted octanol–water partition coefficient (Wildman–Crippen LogP) is 1.74. The van der Waals surface area contributed by atoms with E-state index >= 15 is 0 Å². The minimum atomic E-state index is 0.162. The Kier molecular flexibility index (Phi) is 2.68. The van der Waals surface area contributed by atoms with Crippen molar-refractivity contribution < 1.29 is 4.74 Å². The second-order valence-electron chi connectivity index (χ2n) is 5.45. The number of nitrogens with zero attached hydrogens (tertiary/aromatic N) is 1. The van der Waals surface area contributed by atoms with Gasteiger partial charge in [0.15, 0.2) is 0 Å². The zero-order valence-corrected chi connectivity index (χ0v) is 10.4. The van der Waals surface area contributed by atoms with Crippen LogP contribution in [0.3, 0.4) is 0 Å². The van der Waals surface area contributed by atoms with Gasteiger partial charge in [0.1, 0.15) is 0 Å². The Hall–Kier alpha value is -0.930. The number of pyridine rings is 1. The van der Waals surface area contributed by atoms with E-state index in [-0.39, 0.29) is 5.41 Å². The van der Waals surface area contributed by atoms with Crippen LogP contribution in [0.4, 0.5) is 0 Å². The van der Waals surface area contributed by atoms with Gasteiger partial charge in [-0.25, -0.2) is 0 Å². The summed E-state index contributed by atoms with van der Waals surface area (Å²) in [7, 11) is 2.05. The molecule has 2 aliphatic rings. The van der Waals surface area contributed by atoms with E-state index in [4.69, 9.17) is 4.74 Å². The molecule has 0 atom stereocenters.